The zero-order valence-corrected chi connectivity index (χ0v) is 24.0. The molecule has 16 nitrogen and oxygen atoms in total. The first-order valence-electron chi connectivity index (χ1n) is 12.9. The number of rotatable bonds is 12. The molecule has 18 heteroatoms. The van der Waals surface area contributed by atoms with E-state index in [0.29, 0.717) is 5.56 Å². The van der Waals surface area contributed by atoms with Gasteiger partial charge in [-0.25, -0.2) is 9.59 Å². The largest absolute Gasteiger partial charge is 0.396 e. The van der Waals surface area contributed by atoms with Gasteiger partial charge in [-0.1, -0.05) is 0 Å². The van der Waals surface area contributed by atoms with Crippen LogP contribution >= 0.6 is 6.72 Å². The minimum atomic E-state index is -3.61. The van der Waals surface area contributed by atoms with E-state index in [9.17, 15) is 34.5 Å². The fourth-order valence-corrected chi connectivity index (χ4v) is 6.62. The highest BCUT2D eigenvalue weighted by atomic mass is 32.5. The first-order valence-corrected chi connectivity index (χ1v) is 15.4. The van der Waals surface area contributed by atoms with Crippen LogP contribution in [0.5, 0.6) is 0 Å². The fraction of sp³-hybridized carbons (Fsp3) is 0.652. The lowest BCUT2D eigenvalue weighted by Crippen LogP contribution is -2.33. The Bertz CT molecular complexity index is 1500. The molecule has 228 valence electrons. The predicted octanol–water partition coefficient (Wildman–Crippen LogP) is -1.34. The summed E-state index contributed by atoms with van der Waals surface area (Å²) in [7, 11) is 0. The average Bonchev–Trinajstić information content (AvgIpc) is 3.49. The van der Waals surface area contributed by atoms with Crippen LogP contribution in [0.3, 0.4) is 0 Å². The van der Waals surface area contributed by atoms with Gasteiger partial charge in [0.15, 0.2) is 0 Å². The van der Waals surface area contributed by atoms with E-state index in [2.05, 4.69) is 9.97 Å². The summed E-state index contributed by atoms with van der Waals surface area (Å²) >= 11 is 5.60. The molecular formula is C23H33N4O12PS. The molecule has 2 saturated heterocycles. The second-order valence-electron chi connectivity index (χ2n) is 9.73. The maximum absolute atomic E-state index is 12.4. The molecule has 41 heavy (non-hydrogen) atoms. The standard InChI is InChI=1S/C23H33N4O12PS/c1-12-8-26(22(33)24-20(12)31)18-6-14(30)17(38-18)11-36-40(41,35-5-3-4-28)39-15-7-19(37-16(15)10-29)27-9-13(2)21(32)25-23(27)34/h8-9,14-19,28-30H,3-7,10-11H2,1-2H3,(H,24,31,33)(H,25,32,34)/t14-,15-,16+,17+,18+,19+,40?/m0/s1. The molecule has 0 radical (unpaired) electrons. The smallest absolute Gasteiger partial charge is 0.330 e. The number of hydrogen-bond donors (Lipinski definition) is 5. The van der Waals surface area contributed by atoms with Crippen molar-refractivity contribution >= 4 is 18.5 Å². The first kappa shape index (κ1) is 31.6. The van der Waals surface area contributed by atoms with Crippen molar-refractivity contribution < 1.29 is 38.4 Å². The molecule has 0 aliphatic carbocycles. The van der Waals surface area contributed by atoms with Gasteiger partial charge < -0.3 is 38.4 Å². The highest BCUT2D eigenvalue weighted by Crippen LogP contribution is 2.54. The lowest BCUT2D eigenvalue weighted by molar-refractivity contribution is -0.0550. The highest BCUT2D eigenvalue weighted by molar-refractivity contribution is 8.07. The van der Waals surface area contributed by atoms with Gasteiger partial charge in [-0.15, -0.1) is 0 Å². The zero-order valence-electron chi connectivity index (χ0n) is 22.3. The first-order chi connectivity index (χ1) is 19.4. The van der Waals surface area contributed by atoms with Crippen LogP contribution in [-0.2, 0) is 34.9 Å². The topological polar surface area (TPSA) is 217 Å². The molecule has 4 rings (SSSR count). The number of nitrogens with zero attached hydrogens (tertiary/aromatic N) is 2. The number of ether oxygens (including phenoxy) is 2. The maximum atomic E-state index is 12.4. The van der Waals surface area contributed by atoms with Gasteiger partial charge in [0, 0.05) is 43.0 Å². The minimum absolute atomic E-state index is 0.0180. The summed E-state index contributed by atoms with van der Waals surface area (Å²) < 4.78 is 31.6. The van der Waals surface area contributed by atoms with E-state index >= 15 is 0 Å². The highest BCUT2D eigenvalue weighted by Gasteiger charge is 2.42. The van der Waals surface area contributed by atoms with Crippen LogP contribution in [0.1, 0.15) is 42.8 Å². The minimum Gasteiger partial charge on any atom is -0.396 e. The van der Waals surface area contributed by atoms with E-state index in [0.717, 1.165) is 0 Å². The lowest BCUT2D eigenvalue weighted by atomic mass is 10.2. The molecule has 0 aromatic carbocycles. The normalized spacial score (nSPS) is 27.7. The zero-order chi connectivity index (χ0) is 29.9. The lowest BCUT2D eigenvalue weighted by Gasteiger charge is -2.28. The Hall–Kier alpha value is -2.31. The van der Waals surface area contributed by atoms with Gasteiger partial charge in [0.1, 0.15) is 24.7 Å². The van der Waals surface area contributed by atoms with Crippen molar-refractivity contribution in [2.75, 3.05) is 26.4 Å². The van der Waals surface area contributed by atoms with E-state index in [1.165, 1.54) is 35.4 Å². The SMILES string of the molecule is Cc1cn([C@H]2C[C@H](OP(=S)(OCCCO)OC[C@H]3O[C@@H](n4cc(C)c(=O)[nH]c4=O)C[C@@H]3O)[C@@H](CO)O2)c(=O)[nH]c1=O. The summed E-state index contributed by atoms with van der Waals surface area (Å²) in [4.78, 5) is 52.5. The maximum Gasteiger partial charge on any atom is 0.330 e. The predicted molar refractivity (Wildman–Crippen MR) is 145 cm³/mol. The molecule has 2 aliphatic heterocycles. The molecule has 4 heterocycles. The number of H-pyrrole nitrogens is 2. The summed E-state index contributed by atoms with van der Waals surface area (Å²) in [6.45, 7) is -1.52. The van der Waals surface area contributed by atoms with Crippen LogP contribution in [0.4, 0.5) is 0 Å². The van der Waals surface area contributed by atoms with Gasteiger partial charge in [-0.2, -0.15) is 0 Å². The number of aryl methyl sites for hydroxylation is 2. The van der Waals surface area contributed by atoms with Gasteiger partial charge in [-0.3, -0.25) is 28.7 Å². The third kappa shape index (κ3) is 7.37. The third-order valence-corrected chi connectivity index (χ3v) is 9.07. The van der Waals surface area contributed by atoms with Crippen LogP contribution in [0.2, 0.25) is 0 Å². The van der Waals surface area contributed by atoms with Crippen LogP contribution < -0.4 is 22.5 Å². The Morgan fingerprint density at radius 1 is 0.951 bits per heavy atom. The Kier molecular flexibility index (Phi) is 10.3. The molecule has 1 unspecified atom stereocenters. The Labute approximate surface area is 237 Å². The van der Waals surface area contributed by atoms with Crippen molar-refractivity contribution in [2.24, 2.45) is 0 Å². The van der Waals surface area contributed by atoms with Crippen LogP contribution in [0.15, 0.2) is 31.6 Å². The van der Waals surface area contributed by atoms with Crippen LogP contribution in [0.25, 0.3) is 0 Å². The summed E-state index contributed by atoms with van der Waals surface area (Å²) in [5, 5.41) is 29.7. The van der Waals surface area contributed by atoms with Crippen LogP contribution in [-0.4, -0.2) is 85.3 Å². The number of nitrogens with one attached hydrogen (secondary N) is 2. The molecule has 2 aromatic rings. The molecular weight excluding hydrogens is 587 g/mol. The van der Waals surface area contributed by atoms with Gasteiger partial charge in [-0.05, 0) is 32.1 Å². The fourth-order valence-electron chi connectivity index (χ4n) is 4.45. The van der Waals surface area contributed by atoms with Crippen molar-refractivity contribution in [2.45, 2.75) is 70.0 Å². The number of aliphatic hydroxyl groups is 3. The molecule has 0 bridgehead atoms. The summed E-state index contributed by atoms with van der Waals surface area (Å²) in [6.07, 6.45) is -2.55. The van der Waals surface area contributed by atoms with Crippen molar-refractivity contribution in [1.29, 1.82) is 0 Å². The summed E-state index contributed by atoms with van der Waals surface area (Å²) in [5.41, 5.74) is -1.87. The van der Waals surface area contributed by atoms with E-state index in [1.54, 1.807) is 0 Å². The number of aromatic amines is 2. The third-order valence-electron chi connectivity index (χ3n) is 6.69. The van der Waals surface area contributed by atoms with Gasteiger partial charge in [0.2, 0.25) is 0 Å². The van der Waals surface area contributed by atoms with E-state index in [1.807, 2.05) is 0 Å². The molecule has 2 aromatic heterocycles. The molecule has 7 atom stereocenters. The number of aliphatic hydroxyl groups excluding tert-OH is 3. The monoisotopic (exact) mass is 620 g/mol. The number of aromatic nitrogens is 4. The van der Waals surface area contributed by atoms with Gasteiger partial charge in [0.05, 0.1) is 32.0 Å². The molecule has 0 saturated carbocycles. The van der Waals surface area contributed by atoms with Crippen molar-refractivity contribution in [3.63, 3.8) is 0 Å². The Morgan fingerprint density at radius 3 is 2.07 bits per heavy atom. The molecule has 2 fully saturated rings. The van der Waals surface area contributed by atoms with E-state index in [4.69, 9.17) is 34.9 Å². The van der Waals surface area contributed by atoms with E-state index < -0.39 is 72.7 Å². The van der Waals surface area contributed by atoms with Crippen molar-refractivity contribution in [1.82, 2.24) is 19.1 Å². The molecule has 0 spiro atoms. The summed E-state index contributed by atoms with van der Waals surface area (Å²) in [6, 6.07) is 0. The second kappa shape index (κ2) is 13.3. The molecule has 2 aliphatic rings. The second-order valence-corrected chi connectivity index (χ2v) is 12.7. The van der Waals surface area contributed by atoms with Crippen LogP contribution in [0, 0.1) is 13.8 Å². The van der Waals surface area contributed by atoms with Gasteiger partial charge >= 0.3 is 18.1 Å². The van der Waals surface area contributed by atoms with E-state index in [-0.39, 0.29) is 44.6 Å². The Morgan fingerprint density at radius 2 is 1.51 bits per heavy atom. The molecule has 5 N–H and O–H groups in total. The van der Waals surface area contributed by atoms with Crippen molar-refractivity contribution in [3.05, 3.63) is 65.2 Å². The van der Waals surface area contributed by atoms with Crippen molar-refractivity contribution in [3.8, 4) is 0 Å². The average molecular weight is 621 g/mol. The van der Waals surface area contributed by atoms with Gasteiger partial charge in [0.25, 0.3) is 11.1 Å². The number of hydrogen-bond acceptors (Lipinski definition) is 13. The Balaban J connectivity index is 1.47. The molecule has 0 amide bonds. The quantitative estimate of drug-likeness (QED) is 0.137. The summed E-state index contributed by atoms with van der Waals surface area (Å²) in [5.74, 6) is 0.